The van der Waals surface area contributed by atoms with E-state index in [0.29, 0.717) is 0 Å². The maximum absolute atomic E-state index is 5.89. The van der Waals surface area contributed by atoms with Gasteiger partial charge in [0.15, 0.2) is 0 Å². The van der Waals surface area contributed by atoms with Crippen LogP contribution < -0.4 is 5.32 Å². The number of aromatic nitrogens is 2. The van der Waals surface area contributed by atoms with Crippen molar-refractivity contribution in [3.63, 3.8) is 0 Å². The van der Waals surface area contributed by atoms with E-state index in [9.17, 15) is 0 Å². The van der Waals surface area contributed by atoms with E-state index in [1.807, 2.05) is 30.5 Å². The fraction of sp³-hybridized carbons (Fsp3) is 0.250. The third kappa shape index (κ3) is 3.28. The minimum absolute atomic E-state index is 0.763. The predicted octanol–water partition coefficient (Wildman–Crippen LogP) is 3.11. The number of H-pyrrole nitrogens is 1. The number of anilines is 1. The van der Waals surface area contributed by atoms with Crippen molar-refractivity contribution in [3.8, 4) is 0 Å². The number of rotatable bonds is 5. The number of nitrogens with zero attached hydrogens (tertiary/aromatic N) is 1. The second-order valence-electron chi connectivity index (χ2n) is 3.62. The van der Waals surface area contributed by atoms with E-state index in [1.165, 1.54) is 5.69 Å². The zero-order valence-corrected chi connectivity index (χ0v) is 9.67. The van der Waals surface area contributed by atoms with Gasteiger partial charge in [0.05, 0.1) is 6.33 Å². The van der Waals surface area contributed by atoms with Gasteiger partial charge in [-0.2, -0.15) is 0 Å². The first-order valence-electron chi connectivity index (χ1n) is 5.31. The van der Waals surface area contributed by atoms with Crippen LogP contribution in [0.2, 0.25) is 5.02 Å². The van der Waals surface area contributed by atoms with Crippen molar-refractivity contribution in [1.29, 1.82) is 0 Å². The summed E-state index contributed by atoms with van der Waals surface area (Å²) < 4.78 is 0. The second kappa shape index (κ2) is 5.56. The van der Waals surface area contributed by atoms with Gasteiger partial charge in [-0.05, 0) is 31.0 Å². The van der Waals surface area contributed by atoms with E-state index >= 15 is 0 Å². The predicted molar refractivity (Wildman–Crippen MR) is 66.9 cm³/mol. The third-order valence-electron chi connectivity index (χ3n) is 2.33. The van der Waals surface area contributed by atoms with Crippen LogP contribution in [0, 0.1) is 0 Å². The van der Waals surface area contributed by atoms with Crippen molar-refractivity contribution < 1.29 is 0 Å². The number of nitrogens with one attached hydrogen (secondary N) is 2. The zero-order chi connectivity index (χ0) is 11.2. The maximum atomic E-state index is 5.89. The SMILES string of the molecule is Clc1cccc(NCCCc2cnc[nH]2)c1. The number of benzene rings is 1. The van der Waals surface area contributed by atoms with Gasteiger partial charge in [-0.3, -0.25) is 0 Å². The summed E-state index contributed by atoms with van der Waals surface area (Å²) in [6.07, 6.45) is 5.64. The highest BCUT2D eigenvalue weighted by Crippen LogP contribution is 2.14. The molecule has 0 atom stereocenters. The lowest BCUT2D eigenvalue weighted by Gasteiger charge is -2.05. The van der Waals surface area contributed by atoms with Gasteiger partial charge in [-0.1, -0.05) is 17.7 Å². The summed E-state index contributed by atoms with van der Waals surface area (Å²) in [5.74, 6) is 0. The van der Waals surface area contributed by atoms with Crippen molar-refractivity contribution in [2.75, 3.05) is 11.9 Å². The Hall–Kier alpha value is -1.48. The Morgan fingerprint density at radius 3 is 3.06 bits per heavy atom. The van der Waals surface area contributed by atoms with Crippen molar-refractivity contribution in [3.05, 3.63) is 47.5 Å². The summed E-state index contributed by atoms with van der Waals surface area (Å²) in [4.78, 5) is 7.06. The first-order chi connectivity index (χ1) is 7.84. The molecule has 0 radical (unpaired) electrons. The molecule has 3 nitrogen and oxygen atoms in total. The van der Waals surface area contributed by atoms with Crippen LogP contribution in [0.5, 0.6) is 0 Å². The van der Waals surface area contributed by atoms with Gasteiger partial charge in [-0.25, -0.2) is 4.98 Å². The number of imidazole rings is 1. The van der Waals surface area contributed by atoms with E-state index in [2.05, 4.69) is 15.3 Å². The molecule has 0 bridgehead atoms. The lowest BCUT2D eigenvalue weighted by atomic mass is 10.2. The van der Waals surface area contributed by atoms with E-state index in [0.717, 1.165) is 30.1 Å². The van der Waals surface area contributed by atoms with Crippen LogP contribution in [-0.2, 0) is 6.42 Å². The minimum Gasteiger partial charge on any atom is -0.385 e. The van der Waals surface area contributed by atoms with Crippen LogP contribution in [0.1, 0.15) is 12.1 Å². The Bertz CT molecular complexity index is 426. The monoisotopic (exact) mass is 235 g/mol. The molecule has 0 spiro atoms. The van der Waals surface area contributed by atoms with Gasteiger partial charge in [0, 0.05) is 29.1 Å². The zero-order valence-electron chi connectivity index (χ0n) is 8.91. The van der Waals surface area contributed by atoms with Gasteiger partial charge in [0.25, 0.3) is 0 Å². The summed E-state index contributed by atoms with van der Waals surface area (Å²) >= 11 is 5.89. The first kappa shape index (κ1) is 11.0. The van der Waals surface area contributed by atoms with Crippen LogP contribution in [0.15, 0.2) is 36.8 Å². The number of hydrogen-bond acceptors (Lipinski definition) is 2. The number of halogens is 1. The van der Waals surface area contributed by atoms with Gasteiger partial charge in [0.2, 0.25) is 0 Å². The summed E-state index contributed by atoms with van der Waals surface area (Å²) in [7, 11) is 0. The Morgan fingerprint density at radius 2 is 2.31 bits per heavy atom. The van der Waals surface area contributed by atoms with Crippen molar-refractivity contribution in [2.45, 2.75) is 12.8 Å². The lowest BCUT2D eigenvalue weighted by Crippen LogP contribution is -2.02. The molecule has 84 valence electrons. The molecular formula is C12H14ClN3. The van der Waals surface area contributed by atoms with E-state index in [4.69, 9.17) is 11.6 Å². The largest absolute Gasteiger partial charge is 0.385 e. The normalized spacial score (nSPS) is 10.3. The van der Waals surface area contributed by atoms with Crippen LogP contribution in [0.3, 0.4) is 0 Å². The maximum Gasteiger partial charge on any atom is 0.0921 e. The fourth-order valence-corrected chi connectivity index (χ4v) is 1.72. The molecule has 2 rings (SSSR count). The van der Waals surface area contributed by atoms with E-state index in [1.54, 1.807) is 6.33 Å². The topological polar surface area (TPSA) is 40.7 Å². The molecule has 4 heteroatoms. The lowest BCUT2D eigenvalue weighted by molar-refractivity contribution is 0.842. The van der Waals surface area contributed by atoms with E-state index < -0.39 is 0 Å². The molecule has 1 heterocycles. The first-order valence-corrected chi connectivity index (χ1v) is 5.69. The van der Waals surface area contributed by atoms with Gasteiger partial charge in [-0.15, -0.1) is 0 Å². The summed E-state index contributed by atoms with van der Waals surface area (Å²) in [5.41, 5.74) is 2.24. The summed E-state index contributed by atoms with van der Waals surface area (Å²) in [5, 5.41) is 4.09. The molecule has 2 aromatic rings. The third-order valence-corrected chi connectivity index (χ3v) is 2.57. The molecule has 2 N–H and O–H groups in total. The summed E-state index contributed by atoms with van der Waals surface area (Å²) in [6, 6.07) is 7.76. The average Bonchev–Trinajstić information content (AvgIpc) is 2.77. The van der Waals surface area contributed by atoms with Gasteiger partial charge < -0.3 is 10.3 Å². The van der Waals surface area contributed by atoms with Crippen LogP contribution >= 0.6 is 11.6 Å². The highest BCUT2D eigenvalue weighted by Gasteiger charge is 1.95. The molecule has 0 fully saturated rings. The standard InChI is InChI=1S/C12H14ClN3/c13-10-3-1-4-11(7-10)15-6-2-5-12-8-14-9-16-12/h1,3-4,7-9,15H,2,5-6H2,(H,14,16). The van der Waals surface area contributed by atoms with Gasteiger partial charge in [0.1, 0.15) is 0 Å². The molecule has 0 saturated heterocycles. The highest BCUT2D eigenvalue weighted by atomic mass is 35.5. The smallest absolute Gasteiger partial charge is 0.0921 e. The van der Waals surface area contributed by atoms with Crippen LogP contribution in [-0.4, -0.2) is 16.5 Å². The molecule has 1 aromatic heterocycles. The Labute approximate surface area is 99.9 Å². The minimum atomic E-state index is 0.763. The molecule has 0 unspecified atom stereocenters. The molecule has 1 aromatic carbocycles. The molecule has 0 aliphatic rings. The molecule has 0 amide bonds. The Balaban J connectivity index is 1.72. The van der Waals surface area contributed by atoms with Crippen molar-refractivity contribution >= 4 is 17.3 Å². The fourth-order valence-electron chi connectivity index (χ4n) is 1.53. The van der Waals surface area contributed by atoms with Crippen molar-refractivity contribution in [1.82, 2.24) is 9.97 Å². The summed E-state index contributed by atoms with van der Waals surface area (Å²) in [6.45, 7) is 0.930. The molecule has 0 aliphatic carbocycles. The average molecular weight is 236 g/mol. The van der Waals surface area contributed by atoms with E-state index in [-0.39, 0.29) is 0 Å². The molecule has 0 saturated carbocycles. The molecule has 16 heavy (non-hydrogen) atoms. The number of aromatic amines is 1. The quantitative estimate of drug-likeness (QED) is 0.782. The van der Waals surface area contributed by atoms with Crippen LogP contribution in [0.4, 0.5) is 5.69 Å². The molecular weight excluding hydrogens is 222 g/mol. The number of aryl methyl sites for hydroxylation is 1. The Kier molecular flexibility index (Phi) is 3.83. The second-order valence-corrected chi connectivity index (χ2v) is 4.05. The molecule has 0 aliphatic heterocycles. The number of hydrogen-bond donors (Lipinski definition) is 2. The Morgan fingerprint density at radius 1 is 1.38 bits per heavy atom. The van der Waals surface area contributed by atoms with Crippen molar-refractivity contribution in [2.24, 2.45) is 0 Å². The van der Waals surface area contributed by atoms with Crippen LogP contribution in [0.25, 0.3) is 0 Å². The van der Waals surface area contributed by atoms with Gasteiger partial charge >= 0.3 is 0 Å². The highest BCUT2D eigenvalue weighted by molar-refractivity contribution is 6.30.